The number of hydrogen-bond donors (Lipinski definition) is 1. The Bertz CT molecular complexity index is 544. The van der Waals surface area contributed by atoms with Crippen LogP contribution in [-0.4, -0.2) is 35.0 Å². The molecular weight excluding hydrogens is 282 g/mol. The van der Waals surface area contributed by atoms with E-state index in [1.165, 1.54) is 0 Å². The summed E-state index contributed by atoms with van der Waals surface area (Å²) in [6.07, 6.45) is 0.480. The van der Waals surface area contributed by atoms with Crippen LogP contribution in [0.2, 0.25) is 5.02 Å². The van der Waals surface area contributed by atoms with Crippen molar-refractivity contribution in [3.8, 4) is 5.75 Å². The summed E-state index contributed by atoms with van der Waals surface area (Å²) in [7, 11) is 0. The van der Waals surface area contributed by atoms with Crippen LogP contribution in [0.15, 0.2) is 12.1 Å². The predicted octanol–water partition coefficient (Wildman–Crippen LogP) is 2.56. The van der Waals surface area contributed by atoms with Crippen LogP contribution in [0.5, 0.6) is 5.75 Å². The van der Waals surface area contributed by atoms with E-state index in [0.29, 0.717) is 35.8 Å². The molecule has 0 aliphatic carbocycles. The van der Waals surface area contributed by atoms with Crippen LogP contribution in [0.25, 0.3) is 0 Å². The summed E-state index contributed by atoms with van der Waals surface area (Å²) < 4.78 is 5.49. The lowest BCUT2D eigenvalue weighted by Crippen LogP contribution is -2.22. The number of rotatable bonds is 6. The van der Waals surface area contributed by atoms with Gasteiger partial charge in [0.2, 0.25) is 0 Å². The van der Waals surface area contributed by atoms with Crippen molar-refractivity contribution in [2.24, 2.45) is 0 Å². The Balaban J connectivity index is 2.07. The summed E-state index contributed by atoms with van der Waals surface area (Å²) in [4.78, 5) is 24.1. The molecule has 0 aromatic heterocycles. The van der Waals surface area contributed by atoms with Gasteiger partial charge < -0.3 is 14.7 Å². The maximum atomic E-state index is 12.0. The molecule has 108 valence electrons. The van der Waals surface area contributed by atoms with E-state index < -0.39 is 5.97 Å². The van der Waals surface area contributed by atoms with E-state index in [2.05, 4.69) is 0 Å². The fraction of sp³-hybridized carbons (Fsp3) is 0.429. The largest absolute Gasteiger partial charge is 0.492 e. The number of amides is 1. The zero-order valence-corrected chi connectivity index (χ0v) is 11.9. The third-order valence-electron chi connectivity index (χ3n) is 3.25. The minimum Gasteiger partial charge on any atom is -0.492 e. The van der Waals surface area contributed by atoms with E-state index in [-0.39, 0.29) is 18.9 Å². The number of ether oxygens (including phenoxy) is 1. The van der Waals surface area contributed by atoms with Gasteiger partial charge in [-0.3, -0.25) is 9.59 Å². The Morgan fingerprint density at radius 1 is 1.50 bits per heavy atom. The van der Waals surface area contributed by atoms with Crippen molar-refractivity contribution < 1.29 is 19.4 Å². The van der Waals surface area contributed by atoms with Crippen molar-refractivity contribution in [3.05, 3.63) is 28.3 Å². The molecule has 0 fully saturated rings. The summed E-state index contributed by atoms with van der Waals surface area (Å²) in [6, 6.07) is 3.38. The molecule has 0 spiro atoms. The number of carboxylic acid groups (broad SMARTS) is 1. The third-order valence-corrected chi connectivity index (χ3v) is 3.66. The average molecular weight is 298 g/mol. The van der Waals surface area contributed by atoms with Gasteiger partial charge in [0, 0.05) is 30.6 Å². The molecule has 6 heteroatoms. The van der Waals surface area contributed by atoms with Crippen molar-refractivity contribution in [2.75, 3.05) is 13.2 Å². The summed E-state index contributed by atoms with van der Waals surface area (Å²) in [5.74, 6) is -0.360. The normalized spacial score (nSPS) is 13.5. The fourth-order valence-electron chi connectivity index (χ4n) is 2.16. The van der Waals surface area contributed by atoms with Crippen LogP contribution in [0.4, 0.5) is 0 Å². The molecule has 1 amide bonds. The fourth-order valence-corrected chi connectivity index (χ4v) is 2.44. The Morgan fingerprint density at radius 3 is 2.90 bits per heavy atom. The van der Waals surface area contributed by atoms with Crippen molar-refractivity contribution in [1.29, 1.82) is 0 Å². The van der Waals surface area contributed by atoms with Gasteiger partial charge in [-0.25, -0.2) is 0 Å². The van der Waals surface area contributed by atoms with E-state index in [9.17, 15) is 9.59 Å². The van der Waals surface area contributed by atoms with E-state index >= 15 is 0 Å². The van der Waals surface area contributed by atoms with Gasteiger partial charge in [0.05, 0.1) is 11.6 Å². The number of hydrogen-bond acceptors (Lipinski definition) is 3. The molecule has 5 nitrogen and oxygen atoms in total. The van der Waals surface area contributed by atoms with Crippen LogP contribution in [-0.2, 0) is 11.3 Å². The van der Waals surface area contributed by atoms with E-state index in [1.807, 2.05) is 6.92 Å². The molecule has 1 aromatic rings. The third kappa shape index (κ3) is 2.88. The first-order chi connectivity index (χ1) is 9.54. The Morgan fingerprint density at radius 2 is 2.25 bits per heavy atom. The highest BCUT2D eigenvalue weighted by molar-refractivity contribution is 6.33. The first-order valence-corrected chi connectivity index (χ1v) is 6.87. The lowest BCUT2D eigenvalue weighted by Gasteiger charge is -2.11. The number of carbonyl (C=O) groups excluding carboxylic acids is 1. The molecule has 2 rings (SSSR count). The zero-order chi connectivity index (χ0) is 14.7. The SMILES string of the molecule is CCN1Cc2c(ccc(OCCCC(=O)O)c2Cl)C1=O. The van der Waals surface area contributed by atoms with Gasteiger partial charge in [-0.2, -0.15) is 0 Å². The molecule has 20 heavy (non-hydrogen) atoms. The number of halogens is 1. The molecule has 0 radical (unpaired) electrons. The summed E-state index contributed by atoms with van der Waals surface area (Å²) in [6.45, 7) is 3.34. The van der Waals surface area contributed by atoms with Gasteiger partial charge in [0.15, 0.2) is 0 Å². The van der Waals surface area contributed by atoms with Crippen molar-refractivity contribution in [1.82, 2.24) is 4.90 Å². The van der Waals surface area contributed by atoms with Gasteiger partial charge in [-0.05, 0) is 25.5 Å². The van der Waals surface area contributed by atoms with Crippen LogP contribution in [0.1, 0.15) is 35.7 Å². The van der Waals surface area contributed by atoms with Gasteiger partial charge in [0.25, 0.3) is 5.91 Å². The predicted molar refractivity (Wildman–Crippen MR) is 74.2 cm³/mol. The van der Waals surface area contributed by atoms with E-state index in [0.717, 1.165) is 5.56 Å². The molecule has 0 saturated carbocycles. The highest BCUT2D eigenvalue weighted by Crippen LogP contribution is 2.36. The average Bonchev–Trinajstić information content (AvgIpc) is 2.74. The maximum absolute atomic E-state index is 12.0. The summed E-state index contributed by atoms with van der Waals surface area (Å²) >= 11 is 6.26. The topological polar surface area (TPSA) is 66.8 Å². The minimum atomic E-state index is -0.849. The highest BCUT2D eigenvalue weighted by atomic mass is 35.5. The molecule has 0 atom stereocenters. The maximum Gasteiger partial charge on any atom is 0.303 e. The van der Waals surface area contributed by atoms with Gasteiger partial charge in [0.1, 0.15) is 5.75 Å². The first-order valence-electron chi connectivity index (χ1n) is 6.49. The number of carboxylic acids is 1. The molecule has 0 bridgehead atoms. The second-order valence-corrected chi connectivity index (χ2v) is 4.95. The zero-order valence-electron chi connectivity index (χ0n) is 11.2. The quantitative estimate of drug-likeness (QED) is 0.820. The monoisotopic (exact) mass is 297 g/mol. The van der Waals surface area contributed by atoms with Crippen molar-refractivity contribution in [3.63, 3.8) is 0 Å². The number of aliphatic carboxylic acids is 1. The molecule has 1 aliphatic heterocycles. The molecule has 1 aliphatic rings. The second-order valence-electron chi connectivity index (χ2n) is 4.57. The Hall–Kier alpha value is -1.75. The molecule has 1 aromatic carbocycles. The molecule has 1 N–H and O–H groups in total. The van der Waals surface area contributed by atoms with E-state index in [4.69, 9.17) is 21.4 Å². The van der Waals surface area contributed by atoms with Crippen molar-refractivity contribution >= 4 is 23.5 Å². The standard InChI is InChI=1S/C14H16ClNO4/c1-2-16-8-10-9(14(16)19)5-6-11(13(10)15)20-7-3-4-12(17)18/h5-6H,2-4,7-8H2,1H3,(H,17,18). The van der Waals surface area contributed by atoms with Crippen LogP contribution >= 0.6 is 11.6 Å². The number of nitrogens with zero attached hydrogens (tertiary/aromatic N) is 1. The molecular formula is C14H16ClNO4. The minimum absolute atomic E-state index is 0.0122. The lowest BCUT2D eigenvalue weighted by molar-refractivity contribution is -0.137. The van der Waals surface area contributed by atoms with Crippen LogP contribution in [0.3, 0.4) is 0 Å². The Kier molecular flexibility index (Phi) is 4.49. The molecule has 0 unspecified atom stereocenters. The van der Waals surface area contributed by atoms with Crippen LogP contribution < -0.4 is 4.74 Å². The molecule has 0 saturated heterocycles. The highest BCUT2D eigenvalue weighted by Gasteiger charge is 2.29. The number of fused-ring (bicyclic) bond motifs is 1. The number of carbonyl (C=O) groups is 2. The van der Waals surface area contributed by atoms with Crippen molar-refractivity contribution in [2.45, 2.75) is 26.3 Å². The first kappa shape index (κ1) is 14.7. The summed E-state index contributed by atoms with van der Waals surface area (Å²) in [5.41, 5.74) is 1.41. The van der Waals surface area contributed by atoms with E-state index in [1.54, 1.807) is 17.0 Å². The van der Waals surface area contributed by atoms with Gasteiger partial charge >= 0.3 is 5.97 Å². The van der Waals surface area contributed by atoms with Gasteiger partial charge in [-0.1, -0.05) is 11.6 Å². The smallest absolute Gasteiger partial charge is 0.303 e. The number of benzene rings is 1. The lowest BCUT2D eigenvalue weighted by atomic mass is 10.1. The Labute approximate surface area is 122 Å². The van der Waals surface area contributed by atoms with Crippen LogP contribution in [0, 0.1) is 0 Å². The molecule has 1 heterocycles. The van der Waals surface area contributed by atoms with Gasteiger partial charge in [-0.15, -0.1) is 0 Å². The second kappa shape index (κ2) is 6.13. The summed E-state index contributed by atoms with van der Waals surface area (Å²) in [5, 5.41) is 9.00.